The summed E-state index contributed by atoms with van der Waals surface area (Å²) < 4.78 is 18.2. The van der Waals surface area contributed by atoms with E-state index in [1.54, 1.807) is 17.3 Å². The SMILES string of the molecule is C=CC(=O)N1CCC(c2c(C(=O)NCCN(C)C)c(=O)n(-c3c(C)ccnc3C(C)C)c3nc(-c4c(C)ccc5[nH]ncc45)c(F)cc23)CC1. The zero-order chi connectivity index (χ0) is 35.9. The first-order valence-electron chi connectivity index (χ1n) is 16.9. The number of aryl methyl sites for hydroxylation is 2. The van der Waals surface area contributed by atoms with Crippen molar-refractivity contribution >= 4 is 33.8 Å². The van der Waals surface area contributed by atoms with Gasteiger partial charge < -0.3 is 15.1 Å². The minimum atomic E-state index is -0.592. The van der Waals surface area contributed by atoms with Gasteiger partial charge in [0.05, 0.1) is 23.1 Å². The van der Waals surface area contributed by atoms with Crippen LogP contribution >= 0.6 is 0 Å². The largest absolute Gasteiger partial charge is 0.351 e. The number of amides is 2. The highest BCUT2D eigenvalue weighted by Gasteiger charge is 2.33. The number of benzene rings is 1. The van der Waals surface area contributed by atoms with Crippen LogP contribution in [0.4, 0.5) is 4.39 Å². The Balaban J connectivity index is 1.72. The Morgan fingerprint density at radius 3 is 2.56 bits per heavy atom. The van der Waals surface area contributed by atoms with E-state index in [0.717, 1.165) is 16.6 Å². The van der Waals surface area contributed by atoms with Crippen LogP contribution in [0.5, 0.6) is 0 Å². The van der Waals surface area contributed by atoms with Crippen molar-refractivity contribution in [1.29, 1.82) is 0 Å². The number of aromatic amines is 1. The van der Waals surface area contributed by atoms with Gasteiger partial charge in [-0.25, -0.2) is 9.37 Å². The van der Waals surface area contributed by atoms with Gasteiger partial charge in [-0.15, -0.1) is 0 Å². The molecular weight excluding hydrogens is 635 g/mol. The number of H-pyrrole nitrogens is 1. The van der Waals surface area contributed by atoms with Gasteiger partial charge in [0.1, 0.15) is 22.7 Å². The number of aromatic nitrogens is 5. The van der Waals surface area contributed by atoms with Crippen molar-refractivity contribution in [3.63, 3.8) is 0 Å². The van der Waals surface area contributed by atoms with Gasteiger partial charge in [0.25, 0.3) is 11.5 Å². The molecule has 0 spiro atoms. The predicted octanol–water partition coefficient (Wildman–Crippen LogP) is 5.39. The number of fused-ring (bicyclic) bond motifs is 2. The summed E-state index contributed by atoms with van der Waals surface area (Å²) >= 11 is 0. The van der Waals surface area contributed by atoms with Crippen LogP contribution in [-0.2, 0) is 4.79 Å². The van der Waals surface area contributed by atoms with E-state index in [0.29, 0.717) is 72.3 Å². The third kappa shape index (κ3) is 6.19. The molecule has 260 valence electrons. The number of rotatable bonds is 9. The molecule has 12 heteroatoms. The van der Waals surface area contributed by atoms with Crippen LogP contribution in [0.1, 0.15) is 71.3 Å². The van der Waals surface area contributed by atoms with Crippen molar-refractivity contribution in [2.45, 2.75) is 52.4 Å². The molecule has 0 bridgehead atoms. The molecule has 6 rings (SSSR count). The molecule has 4 aromatic heterocycles. The van der Waals surface area contributed by atoms with Crippen LogP contribution in [0.3, 0.4) is 0 Å². The normalized spacial score (nSPS) is 13.9. The zero-order valence-corrected chi connectivity index (χ0v) is 29.4. The highest BCUT2D eigenvalue weighted by Crippen LogP contribution is 2.39. The number of nitrogens with zero attached hydrogens (tertiary/aromatic N) is 6. The number of halogens is 1. The Labute approximate surface area is 290 Å². The number of piperidine rings is 1. The van der Waals surface area contributed by atoms with Crippen molar-refractivity contribution in [1.82, 2.24) is 39.8 Å². The van der Waals surface area contributed by atoms with Gasteiger partial charge in [0.2, 0.25) is 5.91 Å². The van der Waals surface area contributed by atoms with Crippen LogP contribution < -0.4 is 10.9 Å². The molecule has 0 unspecified atom stereocenters. The fourth-order valence-electron chi connectivity index (χ4n) is 7.06. The topological polar surface area (TPSA) is 129 Å². The number of carbonyl (C=O) groups is 2. The average Bonchev–Trinajstić information content (AvgIpc) is 3.56. The molecule has 1 saturated heterocycles. The molecular formula is C38H43FN8O3. The van der Waals surface area contributed by atoms with Crippen LogP contribution in [-0.4, -0.2) is 86.6 Å². The first-order valence-corrected chi connectivity index (χ1v) is 16.9. The van der Waals surface area contributed by atoms with Crippen molar-refractivity contribution < 1.29 is 14.0 Å². The second-order valence-electron chi connectivity index (χ2n) is 13.6. The molecule has 1 aliphatic heterocycles. The summed E-state index contributed by atoms with van der Waals surface area (Å²) in [5.41, 5.74) is 4.14. The summed E-state index contributed by atoms with van der Waals surface area (Å²) in [5, 5.41) is 11.2. The summed E-state index contributed by atoms with van der Waals surface area (Å²) in [6, 6.07) is 6.99. The van der Waals surface area contributed by atoms with Crippen molar-refractivity contribution in [3.8, 4) is 16.9 Å². The lowest BCUT2D eigenvalue weighted by Crippen LogP contribution is -2.40. The maximum atomic E-state index is 16.8. The maximum absolute atomic E-state index is 16.8. The van der Waals surface area contributed by atoms with Gasteiger partial charge in [-0.3, -0.25) is 29.0 Å². The first-order chi connectivity index (χ1) is 23.9. The summed E-state index contributed by atoms with van der Waals surface area (Å²) in [6.07, 6.45) is 5.56. The lowest BCUT2D eigenvalue weighted by atomic mass is 9.84. The molecule has 50 heavy (non-hydrogen) atoms. The van der Waals surface area contributed by atoms with E-state index in [9.17, 15) is 9.59 Å². The second kappa shape index (κ2) is 13.9. The number of likely N-dealkylation sites (tertiary alicyclic amines) is 1. The zero-order valence-electron chi connectivity index (χ0n) is 29.4. The van der Waals surface area contributed by atoms with Crippen LogP contribution in [0, 0.1) is 19.7 Å². The van der Waals surface area contributed by atoms with Gasteiger partial charge in [0, 0.05) is 48.7 Å². The van der Waals surface area contributed by atoms with E-state index in [2.05, 4.69) is 27.1 Å². The fourth-order valence-corrected chi connectivity index (χ4v) is 7.06. The third-order valence-electron chi connectivity index (χ3n) is 9.60. The smallest absolute Gasteiger partial charge is 0.270 e. The summed E-state index contributed by atoms with van der Waals surface area (Å²) in [4.78, 5) is 55.2. The van der Waals surface area contributed by atoms with Gasteiger partial charge in [-0.05, 0) is 93.6 Å². The maximum Gasteiger partial charge on any atom is 0.270 e. The van der Waals surface area contributed by atoms with E-state index < -0.39 is 17.3 Å². The summed E-state index contributed by atoms with van der Waals surface area (Å²) in [6.45, 7) is 13.0. The molecule has 11 nitrogen and oxygen atoms in total. The molecule has 1 aromatic carbocycles. The molecule has 2 amide bonds. The van der Waals surface area contributed by atoms with E-state index in [4.69, 9.17) is 4.98 Å². The minimum absolute atomic E-state index is 0.0511. The Morgan fingerprint density at radius 2 is 1.88 bits per heavy atom. The Morgan fingerprint density at radius 1 is 1.14 bits per heavy atom. The summed E-state index contributed by atoms with van der Waals surface area (Å²) in [7, 11) is 3.80. The van der Waals surface area contributed by atoms with Crippen molar-refractivity contribution in [2.24, 2.45) is 0 Å². The Bertz CT molecular complexity index is 2190. The average molecular weight is 679 g/mol. The first kappa shape index (κ1) is 34.6. The molecule has 0 saturated carbocycles. The molecule has 1 aliphatic rings. The van der Waals surface area contributed by atoms with E-state index in [1.165, 1.54) is 16.7 Å². The Hall–Kier alpha value is -5.23. The highest BCUT2D eigenvalue weighted by atomic mass is 19.1. The van der Waals surface area contributed by atoms with Crippen LogP contribution in [0.2, 0.25) is 0 Å². The molecule has 0 atom stereocenters. The van der Waals surface area contributed by atoms with Crippen LogP contribution in [0.25, 0.3) is 38.9 Å². The number of likely N-dealkylation sites (N-methyl/N-ethyl adjacent to an activating group) is 1. The number of hydrogen-bond donors (Lipinski definition) is 2. The number of hydrogen-bond acceptors (Lipinski definition) is 7. The van der Waals surface area contributed by atoms with Crippen molar-refractivity contribution in [3.05, 3.63) is 93.4 Å². The van der Waals surface area contributed by atoms with Gasteiger partial charge in [0.15, 0.2) is 0 Å². The van der Waals surface area contributed by atoms with E-state index in [1.807, 2.05) is 64.9 Å². The summed E-state index contributed by atoms with van der Waals surface area (Å²) in [5.74, 6) is -1.72. The minimum Gasteiger partial charge on any atom is -0.351 e. The molecule has 0 aliphatic carbocycles. The van der Waals surface area contributed by atoms with Gasteiger partial charge in [-0.2, -0.15) is 5.10 Å². The second-order valence-corrected chi connectivity index (χ2v) is 13.6. The lowest BCUT2D eigenvalue weighted by molar-refractivity contribution is -0.127. The Kier molecular flexibility index (Phi) is 9.66. The molecule has 1 fully saturated rings. The molecule has 5 heterocycles. The van der Waals surface area contributed by atoms with Gasteiger partial charge in [-0.1, -0.05) is 26.5 Å². The van der Waals surface area contributed by atoms with E-state index >= 15 is 9.18 Å². The number of nitrogens with one attached hydrogen (secondary N) is 2. The van der Waals surface area contributed by atoms with Gasteiger partial charge >= 0.3 is 0 Å². The predicted molar refractivity (Wildman–Crippen MR) is 193 cm³/mol. The molecule has 2 N–H and O–H groups in total. The van der Waals surface area contributed by atoms with Crippen molar-refractivity contribution in [2.75, 3.05) is 40.3 Å². The van der Waals surface area contributed by atoms with E-state index in [-0.39, 0.29) is 34.6 Å². The standard InChI is InChI=1S/C38H43FN8O3/c1-8-29(48)46-16-12-24(13-17-46)31-25-19-27(39)34(30-22(4)9-10-28-26(30)20-42-44-28)43-36(25)47(35-23(5)11-14-40-33(35)21(2)3)38(50)32(31)37(49)41-15-18-45(6)7/h8-11,14,19-21,24H,1,12-13,15-18H2,2-7H3,(H,41,49)(H,42,44). The molecule has 5 aromatic rings. The van der Waals surface area contributed by atoms with Crippen LogP contribution in [0.15, 0.2) is 54.1 Å². The lowest BCUT2D eigenvalue weighted by Gasteiger charge is -2.33. The quantitative estimate of drug-likeness (QED) is 0.200. The third-order valence-corrected chi connectivity index (χ3v) is 9.60. The molecule has 0 radical (unpaired) electrons. The number of pyridine rings is 3. The monoisotopic (exact) mass is 678 g/mol. The number of carbonyl (C=O) groups excluding carboxylic acids is 2. The highest BCUT2D eigenvalue weighted by molar-refractivity contribution is 6.02. The fraction of sp³-hybridized carbons (Fsp3) is 0.368.